The molecule has 0 radical (unpaired) electrons. The first kappa shape index (κ1) is 6.86. The van der Waals surface area contributed by atoms with Gasteiger partial charge < -0.3 is 4.84 Å². The highest BCUT2D eigenvalue weighted by molar-refractivity contribution is 5.25. The molecule has 0 amide bonds. The lowest BCUT2D eigenvalue weighted by molar-refractivity contribution is -0.874. The standard InChI is InChI=1S/C7H10N2O/c1-8-7-5-3-4-6-9(7)10-2/h3-6H,1-2H3/p+1. The maximum absolute atomic E-state index is 4.99. The Balaban J connectivity index is 2.96. The fourth-order valence-corrected chi connectivity index (χ4v) is 0.781. The summed E-state index contributed by atoms with van der Waals surface area (Å²) in [5.41, 5.74) is 0. The molecule has 0 aliphatic carbocycles. The first-order valence-corrected chi connectivity index (χ1v) is 3.11. The Hall–Kier alpha value is -1.25. The molecular formula is C7H11N2O+. The third-order valence-electron chi connectivity index (χ3n) is 1.28. The summed E-state index contributed by atoms with van der Waals surface area (Å²) in [5.74, 6) is 0.935. The van der Waals surface area contributed by atoms with Gasteiger partial charge in [-0.25, -0.2) is 0 Å². The molecule has 0 bridgehead atoms. The van der Waals surface area contributed by atoms with E-state index < -0.39 is 0 Å². The lowest BCUT2D eigenvalue weighted by Gasteiger charge is -1.99. The van der Waals surface area contributed by atoms with Gasteiger partial charge in [0.1, 0.15) is 13.3 Å². The Labute approximate surface area is 60.2 Å². The van der Waals surface area contributed by atoms with Gasteiger partial charge in [-0.05, 0) is 6.07 Å². The van der Waals surface area contributed by atoms with Crippen LogP contribution in [-0.2, 0) is 0 Å². The molecular weight excluding hydrogens is 128 g/mol. The zero-order valence-electron chi connectivity index (χ0n) is 6.16. The lowest BCUT2D eigenvalue weighted by Crippen LogP contribution is -2.42. The van der Waals surface area contributed by atoms with Crippen molar-refractivity contribution in [3.05, 3.63) is 24.4 Å². The number of aromatic nitrogens is 1. The number of rotatable bonds is 2. The number of nitrogens with zero attached hydrogens (tertiary/aromatic N) is 1. The summed E-state index contributed by atoms with van der Waals surface area (Å²) in [6.45, 7) is 0. The third kappa shape index (κ3) is 1.18. The zero-order chi connectivity index (χ0) is 7.40. The van der Waals surface area contributed by atoms with E-state index in [4.69, 9.17) is 4.84 Å². The summed E-state index contributed by atoms with van der Waals surface area (Å²) in [4.78, 5) is 4.99. The second-order valence-corrected chi connectivity index (χ2v) is 1.84. The van der Waals surface area contributed by atoms with Crippen molar-refractivity contribution in [3.63, 3.8) is 0 Å². The first-order chi connectivity index (χ1) is 4.88. The van der Waals surface area contributed by atoms with Gasteiger partial charge in [0.25, 0.3) is 0 Å². The van der Waals surface area contributed by atoms with Crippen LogP contribution < -0.4 is 14.9 Å². The van der Waals surface area contributed by atoms with Crippen LogP contribution in [0.3, 0.4) is 0 Å². The summed E-state index contributed by atoms with van der Waals surface area (Å²) in [5, 5.41) is 2.98. The molecule has 0 aliphatic heterocycles. The van der Waals surface area contributed by atoms with E-state index in [-0.39, 0.29) is 0 Å². The minimum Gasteiger partial charge on any atom is -0.339 e. The Bertz CT molecular complexity index is 190. The van der Waals surface area contributed by atoms with Crippen LogP contribution in [0.15, 0.2) is 24.4 Å². The van der Waals surface area contributed by atoms with E-state index >= 15 is 0 Å². The number of nitrogens with one attached hydrogen (secondary N) is 1. The highest BCUT2D eigenvalue weighted by Crippen LogP contribution is 1.93. The minimum atomic E-state index is 0.935. The Morgan fingerprint density at radius 3 is 2.80 bits per heavy atom. The lowest BCUT2D eigenvalue weighted by atomic mass is 10.5. The molecule has 1 N–H and O–H groups in total. The molecule has 1 rings (SSSR count). The molecule has 0 aromatic carbocycles. The van der Waals surface area contributed by atoms with Crippen LogP contribution in [0.4, 0.5) is 5.82 Å². The van der Waals surface area contributed by atoms with Crippen LogP contribution in [-0.4, -0.2) is 14.2 Å². The molecule has 3 heteroatoms. The molecule has 1 aromatic heterocycles. The minimum absolute atomic E-state index is 0.935. The summed E-state index contributed by atoms with van der Waals surface area (Å²) in [7, 11) is 3.48. The summed E-state index contributed by atoms with van der Waals surface area (Å²) in [6, 6.07) is 5.79. The van der Waals surface area contributed by atoms with Crippen LogP contribution in [0, 0.1) is 0 Å². The smallest absolute Gasteiger partial charge is 0.313 e. The topological polar surface area (TPSA) is 25.1 Å². The van der Waals surface area contributed by atoms with E-state index in [9.17, 15) is 0 Å². The molecule has 1 heterocycles. The molecule has 1 aromatic rings. The van der Waals surface area contributed by atoms with Crippen molar-refractivity contribution in [2.45, 2.75) is 0 Å². The SMILES string of the molecule is CNc1cccc[n+]1OC. The second kappa shape index (κ2) is 3.06. The fourth-order valence-electron chi connectivity index (χ4n) is 0.781. The molecule has 54 valence electrons. The van der Waals surface area contributed by atoms with E-state index in [1.54, 1.807) is 11.8 Å². The summed E-state index contributed by atoms with van der Waals surface area (Å²) >= 11 is 0. The van der Waals surface area contributed by atoms with Crippen molar-refractivity contribution in [1.82, 2.24) is 0 Å². The van der Waals surface area contributed by atoms with E-state index in [0.29, 0.717) is 0 Å². The van der Waals surface area contributed by atoms with Crippen molar-refractivity contribution < 1.29 is 9.57 Å². The number of pyridine rings is 1. The van der Waals surface area contributed by atoms with Crippen LogP contribution >= 0.6 is 0 Å². The van der Waals surface area contributed by atoms with Crippen molar-refractivity contribution >= 4 is 5.82 Å². The highest BCUT2D eigenvalue weighted by atomic mass is 16.6. The van der Waals surface area contributed by atoms with E-state index in [0.717, 1.165) is 5.82 Å². The molecule has 0 aliphatic rings. The predicted octanol–water partition coefficient (Wildman–Crippen LogP) is 0.0742. The number of hydrogen-bond donors (Lipinski definition) is 1. The van der Waals surface area contributed by atoms with Gasteiger partial charge in [-0.15, -0.1) is 0 Å². The zero-order valence-corrected chi connectivity index (χ0v) is 6.16. The normalized spacial score (nSPS) is 9.00. The average molecular weight is 139 g/mol. The van der Waals surface area contributed by atoms with Crippen LogP contribution in [0.5, 0.6) is 0 Å². The van der Waals surface area contributed by atoms with Gasteiger partial charge in [-0.3, -0.25) is 5.32 Å². The molecule has 0 saturated carbocycles. The van der Waals surface area contributed by atoms with Gasteiger partial charge in [0.2, 0.25) is 0 Å². The molecule has 3 nitrogen and oxygen atoms in total. The molecule has 10 heavy (non-hydrogen) atoms. The van der Waals surface area contributed by atoms with E-state index in [1.807, 2.05) is 31.4 Å². The predicted molar refractivity (Wildman–Crippen MR) is 38.7 cm³/mol. The molecule has 0 saturated heterocycles. The Morgan fingerprint density at radius 1 is 1.50 bits per heavy atom. The van der Waals surface area contributed by atoms with Crippen molar-refractivity contribution in [3.8, 4) is 0 Å². The fraction of sp³-hybridized carbons (Fsp3) is 0.286. The summed E-state index contributed by atoms with van der Waals surface area (Å²) < 4.78 is 1.65. The van der Waals surface area contributed by atoms with Gasteiger partial charge in [0, 0.05) is 6.07 Å². The van der Waals surface area contributed by atoms with Crippen LogP contribution in [0.25, 0.3) is 0 Å². The monoisotopic (exact) mass is 139 g/mol. The van der Waals surface area contributed by atoms with Gasteiger partial charge in [-0.1, -0.05) is 10.8 Å². The van der Waals surface area contributed by atoms with Crippen LogP contribution in [0.1, 0.15) is 0 Å². The maximum atomic E-state index is 4.99. The molecule has 0 spiro atoms. The van der Waals surface area contributed by atoms with Crippen LogP contribution in [0.2, 0.25) is 0 Å². The van der Waals surface area contributed by atoms with Gasteiger partial charge in [0.15, 0.2) is 0 Å². The quantitative estimate of drug-likeness (QED) is 0.587. The Morgan fingerprint density at radius 2 is 2.30 bits per heavy atom. The van der Waals surface area contributed by atoms with E-state index in [2.05, 4.69) is 5.32 Å². The van der Waals surface area contributed by atoms with Gasteiger partial charge >= 0.3 is 5.82 Å². The molecule has 0 atom stereocenters. The number of anilines is 1. The van der Waals surface area contributed by atoms with Gasteiger partial charge in [-0.2, -0.15) is 0 Å². The average Bonchev–Trinajstić information content (AvgIpc) is 2.04. The highest BCUT2D eigenvalue weighted by Gasteiger charge is 2.01. The third-order valence-corrected chi connectivity index (χ3v) is 1.28. The van der Waals surface area contributed by atoms with Crippen molar-refractivity contribution in [2.24, 2.45) is 0 Å². The largest absolute Gasteiger partial charge is 0.339 e. The first-order valence-electron chi connectivity index (χ1n) is 3.11. The summed E-state index contributed by atoms with van der Waals surface area (Å²) in [6.07, 6.45) is 1.84. The molecule has 0 unspecified atom stereocenters. The van der Waals surface area contributed by atoms with Crippen molar-refractivity contribution in [1.29, 1.82) is 0 Å². The van der Waals surface area contributed by atoms with Gasteiger partial charge in [0.05, 0.1) is 7.05 Å². The maximum Gasteiger partial charge on any atom is 0.313 e. The number of hydrogen-bond acceptors (Lipinski definition) is 2. The molecule has 0 fully saturated rings. The Kier molecular flexibility index (Phi) is 2.10. The van der Waals surface area contributed by atoms with Crippen molar-refractivity contribution in [2.75, 3.05) is 19.5 Å². The van der Waals surface area contributed by atoms with E-state index in [1.165, 1.54) is 0 Å². The second-order valence-electron chi connectivity index (χ2n) is 1.84.